The van der Waals surface area contributed by atoms with E-state index in [0.717, 1.165) is 11.4 Å². The molecule has 0 aromatic carbocycles. The molecule has 5 heteroatoms. The number of hydrogen-bond donors (Lipinski definition) is 2. The van der Waals surface area contributed by atoms with E-state index in [1.165, 1.54) is 13.1 Å². The van der Waals surface area contributed by atoms with Gasteiger partial charge in [0.1, 0.15) is 5.69 Å². The molecule has 0 aliphatic rings. The Morgan fingerprint density at radius 3 is 3.08 bits per heavy atom. The van der Waals surface area contributed by atoms with Crippen molar-refractivity contribution in [3.63, 3.8) is 0 Å². The summed E-state index contributed by atoms with van der Waals surface area (Å²) >= 11 is 0. The summed E-state index contributed by atoms with van der Waals surface area (Å²) in [5.41, 5.74) is 3.93. The van der Waals surface area contributed by atoms with Crippen LogP contribution in [-0.4, -0.2) is 22.1 Å². The summed E-state index contributed by atoms with van der Waals surface area (Å²) < 4.78 is 0. The summed E-state index contributed by atoms with van der Waals surface area (Å²) in [7, 11) is 0. The van der Waals surface area contributed by atoms with E-state index < -0.39 is 0 Å². The number of amides is 1. The number of aromatic nitrogens is 2. The molecule has 0 bridgehead atoms. The molecule has 1 heterocycles. The maximum atomic E-state index is 10.4. The number of hydrazone groups is 1. The van der Waals surface area contributed by atoms with Gasteiger partial charge >= 0.3 is 0 Å². The number of aromatic amines is 1. The Bertz CT molecular complexity index is 302. The highest BCUT2D eigenvalue weighted by Gasteiger charge is 1.94. The maximum absolute atomic E-state index is 10.4. The van der Waals surface area contributed by atoms with Crippen LogP contribution in [0.2, 0.25) is 0 Å². The summed E-state index contributed by atoms with van der Waals surface area (Å²) in [6.45, 7) is 3.27. The zero-order chi connectivity index (χ0) is 8.97. The zero-order valence-electron chi connectivity index (χ0n) is 6.96. The van der Waals surface area contributed by atoms with E-state index >= 15 is 0 Å². The first-order valence-corrected chi connectivity index (χ1v) is 3.50. The highest BCUT2D eigenvalue weighted by Crippen LogP contribution is 1.94. The quantitative estimate of drug-likeness (QED) is 0.486. The van der Waals surface area contributed by atoms with Gasteiger partial charge in [-0.1, -0.05) is 0 Å². The van der Waals surface area contributed by atoms with Gasteiger partial charge in [-0.15, -0.1) is 0 Å². The van der Waals surface area contributed by atoms with Crippen LogP contribution in [0.4, 0.5) is 0 Å². The fraction of sp³-hybridized carbons (Fsp3) is 0.286. The summed E-state index contributed by atoms with van der Waals surface area (Å²) in [4.78, 5) is 17.3. The van der Waals surface area contributed by atoms with E-state index in [1.807, 2.05) is 6.92 Å². The van der Waals surface area contributed by atoms with Crippen LogP contribution in [0.15, 0.2) is 11.4 Å². The molecule has 0 saturated heterocycles. The molecular weight excluding hydrogens is 156 g/mol. The lowest BCUT2D eigenvalue weighted by molar-refractivity contribution is -0.118. The molecule has 0 fully saturated rings. The lowest BCUT2D eigenvalue weighted by Crippen LogP contribution is -2.12. The number of carbonyl (C=O) groups is 1. The number of nitrogens with zero attached hydrogens (tertiary/aromatic N) is 2. The Morgan fingerprint density at radius 1 is 1.83 bits per heavy atom. The number of nitrogens with one attached hydrogen (secondary N) is 2. The number of imidazole rings is 1. The Morgan fingerprint density at radius 2 is 2.58 bits per heavy atom. The first kappa shape index (κ1) is 8.45. The average molecular weight is 166 g/mol. The van der Waals surface area contributed by atoms with Crippen LogP contribution < -0.4 is 5.43 Å². The molecule has 1 aromatic rings. The highest BCUT2D eigenvalue weighted by atomic mass is 16.2. The molecule has 64 valence electrons. The van der Waals surface area contributed by atoms with Crippen LogP contribution >= 0.6 is 0 Å². The predicted octanol–water partition coefficient (Wildman–Crippen LogP) is 0.188. The molecule has 0 radical (unpaired) electrons. The molecule has 0 aliphatic heterocycles. The van der Waals surface area contributed by atoms with Crippen molar-refractivity contribution >= 4 is 12.1 Å². The van der Waals surface area contributed by atoms with Gasteiger partial charge in [0.25, 0.3) is 0 Å². The molecule has 5 nitrogen and oxygen atoms in total. The maximum Gasteiger partial charge on any atom is 0.236 e. The second-order valence-electron chi connectivity index (χ2n) is 2.34. The van der Waals surface area contributed by atoms with E-state index in [0.29, 0.717) is 0 Å². The van der Waals surface area contributed by atoms with Crippen molar-refractivity contribution < 1.29 is 4.79 Å². The van der Waals surface area contributed by atoms with Crippen molar-refractivity contribution in [2.45, 2.75) is 13.8 Å². The fourth-order valence-electron chi connectivity index (χ4n) is 0.684. The van der Waals surface area contributed by atoms with Crippen molar-refractivity contribution in [1.82, 2.24) is 15.4 Å². The zero-order valence-corrected chi connectivity index (χ0v) is 6.96. The van der Waals surface area contributed by atoms with Crippen LogP contribution in [0.1, 0.15) is 18.3 Å². The topological polar surface area (TPSA) is 70.1 Å². The molecule has 2 N–H and O–H groups in total. The van der Waals surface area contributed by atoms with Crippen molar-refractivity contribution in [2.24, 2.45) is 5.10 Å². The van der Waals surface area contributed by atoms with Gasteiger partial charge in [-0.2, -0.15) is 5.10 Å². The van der Waals surface area contributed by atoms with Crippen LogP contribution in [0.5, 0.6) is 0 Å². The molecular formula is C7H10N4O. The molecule has 0 saturated carbocycles. The number of rotatable bonds is 2. The summed E-state index contributed by atoms with van der Waals surface area (Å²) in [6, 6.07) is 0. The molecule has 1 aromatic heterocycles. The van der Waals surface area contributed by atoms with Gasteiger partial charge in [-0.05, 0) is 6.92 Å². The standard InChI is InChI=1S/C7H10N4O/c1-5-7(9-4-8-5)3-10-11-6(2)12/h3-4H,1-2H3,(H,8,9)(H,11,12)/b10-3+. The van der Waals surface area contributed by atoms with E-state index in [9.17, 15) is 4.79 Å². The normalized spacial score (nSPS) is 10.5. The van der Waals surface area contributed by atoms with Gasteiger partial charge in [0.15, 0.2) is 0 Å². The van der Waals surface area contributed by atoms with Gasteiger partial charge in [-0.3, -0.25) is 4.79 Å². The van der Waals surface area contributed by atoms with Crippen LogP contribution in [0.25, 0.3) is 0 Å². The van der Waals surface area contributed by atoms with Gasteiger partial charge in [0, 0.05) is 12.6 Å². The second-order valence-corrected chi connectivity index (χ2v) is 2.34. The first-order chi connectivity index (χ1) is 5.70. The van der Waals surface area contributed by atoms with Crippen LogP contribution in [0.3, 0.4) is 0 Å². The molecule has 0 atom stereocenters. The van der Waals surface area contributed by atoms with E-state index in [-0.39, 0.29) is 5.91 Å². The second kappa shape index (κ2) is 3.66. The van der Waals surface area contributed by atoms with Crippen molar-refractivity contribution in [2.75, 3.05) is 0 Å². The number of hydrogen-bond acceptors (Lipinski definition) is 3. The Balaban J connectivity index is 2.57. The summed E-state index contributed by atoms with van der Waals surface area (Å²) in [5.74, 6) is -0.195. The molecule has 1 rings (SSSR count). The van der Waals surface area contributed by atoms with Gasteiger partial charge in [0.05, 0.1) is 12.5 Å². The number of carbonyl (C=O) groups excluding carboxylic acids is 1. The summed E-state index contributed by atoms with van der Waals surface area (Å²) in [6.07, 6.45) is 3.07. The van der Waals surface area contributed by atoms with E-state index in [1.54, 1.807) is 6.33 Å². The third-order valence-corrected chi connectivity index (χ3v) is 1.28. The Kier molecular flexibility index (Phi) is 2.57. The number of aryl methyl sites for hydroxylation is 1. The van der Waals surface area contributed by atoms with E-state index in [4.69, 9.17) is 0 Å². The van der Waals surface area contributed by atoms with Gasteiger partial charge in [0.2, 0.25) is 5.91 Å². The minimum atomic E-state index is -0.195. The average Bonchev–Trinajstić information content (AvgIpc) is 2.36. The third kappa shape index (κ3) is 2.19. The first-order valence-electron chi connectivity index (χ1n) is 3.50. The monoisotopic (exact) mass is 166 g/mol. The molecule has 1 amide bonds. The molecule has 0 spiro atoms. The molecule has 12 heavy (non-hydrogen) atoms. The smallest absolute Gasteiger partial charge is 0.236 e. The molecule has 0 aliphatic carbocycles. The van der Waals surface area contributed by atoms with E-state index in [2.05, 4.69) is 20.5 Å². The fourth-order valence-corrected chi connectivity index (χ4v) is 0.684. The summed E-state index contributed by atoms with van der Waals surface area (Å²) in [5, 5.41) is 3.67. The third-order valence-electron chi connectivity index (χ3n) is 1.28. The Labute approximate surface area is 69.9 Å². The van der Waals surface area contributed by atoms with Gasteiger partial charge < -0.3 is 4.98 Å². The lowest BCUT2D eigenvalue weighted by Gasteiger charge is -1.89. The lowest BCUT2D eigenvalue weighted by atomic mass is 10.4. The van der Waals surface area contributed by atoms with Crippen LogP contribution in [-0.2, 0) is 4.79 Å². The number of H-pyrrole nitrogens is 1. The predicted molar refractivity (Wildman–Crippen MR) is 44.7 cm³/mol. The van der Waals surface area contributed by atoms with Crippen molar-refractivity contribution in [1.29, 1.82) is 0 Å². The van der Waals surface area contributed by atoms with Crippen LogP contribution in [0, 0.1) is 6.92 Å². The van der Waals surface area contributed by atoms with Crippen molar-refractivity contribution in [3.05, 3.63) is 17.7 Å². The van der Waals surface area contributed by atoms with Crippen molar-refractivity contribution in [3.8, 4) is 0 Å². The largest absolute Gasteiger partial charge is 0.348 e. The minimum Gasteiger partial charge on any atom is -0.348 e. The Hall–Kier alpha value is -1.65. The minimum absolute atomic E-state index is 0.195. The van der Waals surface area contributed by atoms with Gasteiger partial charge in [-0.25, -0.2) is 10.4 Å². The highest BCUT2D eigenvalue weighted by molar-refractivity contribution is 5.80. The molecule has 0 unspecified atom stereocenters. The SMILES string of the molecule is CC(=O)N/N=C/c1nc[nH]c1C.